The molecule has 1 aliphatic heterocycles. The summed E-state index contributed by atoms with van der Waals surface area (Å²) in [6.45, 7) is 4.44. The molecule has 2 heterocycles. The number of rotatable bonds is 5. The Morgan fingerprint density at radius 1 is 1.03 bits per heavy atom. The largest absolute Gasteiger partial charge is 0.454 e. The van der Waals surface area contributed by atoms with Crippen LogP contribution in [0.25, 0.3) is 11.3 Å². The highest BCUT2D eigenvalue weighted by Crippen LogP contribution is 2.32. The van der Waals surface area contributed by atoms with Crippen LogP contribution in [0, 0.1) is 13.8 Å². The monoisotopic (exact) mass is 391 g/mol. The fourth-order valence-corrected chi connectivity index (χ4v) is 3.06. The lowest BCUT2D eigenvalue weighted by atomic mass is 10.0. The second kappa shape index (κ2) is 7.79. The van der Waals surface area contributed by atoms with E-state index < -0.39 is 0 Å². The SMILES string of the molecule is Cc1ccc(-c2ccc(=O)n(CC(=O)NCc3ccc4c(c3)OCO4)n2)cc1C. The Balaban J connectivity index is 1.45. The third-order valence-electron chi connectivity index (χ3n) is 4.89. The van der Waals surface area contributed by atoms with Crippen LogP contribution in [0.5, 0.6) is 11.5 Å². The normalized spacial score (nSPS) is 12.1. The molecule has 3 aromatic rings. The van der Waals surface area contributed by atoms with Crippen molar-refractivity contribution in [2.24, 2.45) is 0 Å². The van der Waals surface area contributed by atoms with Gasteiger partial charge in [0.15, 0.2) is 11.5 Å². The molecule has 29 heavy (non-hydrogen) atoms. The van der Waals surface area contributed by atoms with Crippen molar-refractivity contribution >= 4 is 5.91 Å². The van der Waals surface area contributed by atoms with Crippen LogP contribution in [0.4, 0.5) is 0 Å². The zero-order chi connectivity index (χ0) is 20.4. The lowest BCUT2D eigenvalue weighted by Gasteiger charge is -2.10. The van der Waals surface area contributed by atoms with Gasteiger partial charge in [-0.1, -0.05) is 18.2 Å². The Hall–Kier alpha value is -3.61. The van der Waals surface area contributed by atoms with Gasteiger partial charge in [0.1, 0.15) is 6.54 Å². The second-order valence-corrected chi connectivity index (χ2v) is 6.98. The molecule has 0 unspecified atom stereocenters. The predicted molar refractivity (Wildman–Crippen MR) is 108 cm³/mol. The summed E-state index contributed by atoms with van der Waals surface area (Å²) in [6.07, 6.45) is 0. The molecular weight excluding hydrogens is 370 g/mol. The molecule has 0 fully saturated rings. The first-order valence-electron chi connectivity index (χ1n) is 9.30. The van der Waals surface area contributed by atoms with Gasteiger partial charge in [-0.25, -0.2) is 4.68 Å². The molecule has 0 radical (unpaired) electrons. The van der Waals surface area contributed by atoms with Gasteiger partial charge in [0, 0.05) is 18.2 Å². The molecule has 1 aromatic heterocycles. The molecular formula is C22H21N3O4. The van der Waals surface area contributed by atoms with Crippen LogP contribution in [0.15, 0.2) is 53.3 Å². The highest BCUT2D eigenvalue weighted by Gasteiger charge is 2.14. The minimum Gasteiger partial charge on any atom is -0.454 e. The standard InChI is InChI=1S/C22H21N3O4/c1-14-3-5-17(9-15(14)2)18-6-8-22(27)25(24-18)12-21(26)23-11-16-4-7-19-20(10-16)29-13-28-19/h3-10H,11-13H2,1-2H3,(H,23,26). The van der Waals surface area contributed by atoms with Crippen molar-refractivity contribution in [3.05, 3.63) is 75.6 Å². The molecule has 0 aliphatic carbocycles. The van der Waals surface area contributed by atoms with E-state index in [2.05, 4.69) is 10.4 Å². The second-order valence-electron chi connectivity index (χ2n) is 6.98. The molecule has 148 valence electrons. The van der Waals surface area contributed by atoms with Gasteiger partial charge in [-0.2, -0.15) is 5.10 Å². The van der Waals surface area contributed by atoms with Gasteiger partial charge in [0.05, 0.1) is 5.69 Å². The summed E-state index contributed by atoms with van der Waals surface area (Å²) >= 11 is 0. The maximum atomic E-state index is 12.4. The van der Waals surface area contributed by atoms with Gasteiger partial charge in [-0.3, -0.25) is 9.59 Å². The molecule has 0 bridgehead atoms. The number of hydrogen-bond donors (Lipinski definition) is 1. The molecule has 1 amide bonds. The Labute approximate surface area is 167 Å². The molecule has 7 heteroatoms. The van der Waals surface area contributed by atoms with Crippen LogP contribution in [0.3, 0.4) is 0 Å². The van der Waals surface area contributed by atoms with Crippen molar-refractivity contribution in [2.75, 3.05) is 6.79 Å². The molecule has 0 atom stereocenters. The van der Waals surface area contributed by atoms with Crippen LogP contribution in [-0.4, -0.2) is 22.5 Å². The smallest absolute Gasteiger partial charge is 0.267 e. The lowest BCUT2D eigenvalue weighted by Crippen LogP contribution is -2.33. The Morgan fingerprint density at radius 2 is 1.86 bits per heavy atom. The highest BCUT2D eigenvalue weighted by molar-refractivity contribution is 5.75. The number of hydrogen-bond acceptors (Lipinski definition) is 5. The number of ether oxygens (including phenoxy) is 2. The van der Waals surface area contributed by atoms with Crippen molar-refractivity contribution in [1.29, 1.82) is 0 Å². The molecule has 2 aromatic carbocycles. The zero-order valence-electron chi connectivity index (χ0n) is 16.3. The van der Waals surface area contributed by atoms with Gasteiger partial charge in [0.2, 0.25) is 12.7 Å². The summed E-state index contributed by atoms with van der Waals surface area (Å²) in [6, 6.07) is 14.6. The van der Waals surface area contributed by atoms with Crippen molar-refractivity contribution in [1.82, 2.24) is 15.1 Å². The van der Waals surface area contributed by atoms with Crippen LogP contribution in [0.1, 0.15) is 16.7 Å². The minimum atomic E-state index is -0.323. The molecule has 0 saturated heterocycles. The predicted octanol–water partition coefficient (Wildman–Crippen LogP) is 2.57. The number of aryl methyl sites for hydroxylation is 2. The van der Waals surface area contributed by atoms with Gasteiger partial charge >= 0.3 is 0 Å². The number of nitrogens with zero attached hydrogens (tertiary/aromatic N) is 2. The molecule has 1 N–H and O–H groups in total. The lowest BCUT2D eigenvalue weighted by molar-refractivity contribution is -0.122. The topological polar surface area (TPSA) is 82.5 Å². The summed E-state index contributed by atoms with van der Waals surface area (Å²) in [4.78, 5) is 24.5. The number of carbonyl (C=O) groups is 1. The highest BCUT2D eigenvalue weighted by atomic mass is 16.7. The van der Waals surface area contributed by atoms with Crippen molar-refractivity contribution in [2.45, 2.75) is 26.9 Å². The average Bonchev–Trinajstić information content (AvgIpc) is 3.18. The Morgan fingerprint density at radius 3 is 2.69 bits per heavy atom. The Bertz CT molecular complexity index is 1140. The van der Waals surface area contributed by atoms with Crippen LogP contribution in [0.2, 0.25) is 0 Å². The van der Waals surface area contributed by atoms with E-state index in [9.17, 15) is 9.59 Å². The van der Waals surface area contributed by atoms with E-state index in [1.807, 2.05) is 50.2 Å². The quantitative estimate of drug-likeness (QED) is 0.723. The van der Waals surface area contributed by atoms with E-state index in [0.717, 1.165) is 16.7 Å². The number of nitrogens with one attached hydrogen (secondary N) is 1. The number of aromatic nitrogens is 2. The first kappa shape index (κ1) is 18.7. The van der Waals surface area contributed by atoms with Crippen molar-refractivity contribution in [3.8, 4) is 22.8 Å². The van der Waals surface area contributed by atoms with Gasteiger partial charge in [-0.15, -0.1) is 0 Å². The van der Waals surface area contributed by atoms with E-state index in [1.54, 1.807) is 6.07 Å². The van der Waals surface area contributed by atoms with E-state index in [-0.39, 0.29) is 24.8 Å². The van der Waals surface area contributed by atoms with Gasteiger partial charge in [-0.05, 0) is 54.8 Å². The van der Waals surface area contributed by atoms with E-state index in [4.69, 9.17) is 9.47 Å². The van der Waals surface area contributed by atoms with Gasteiger partial charge < -0.3 is 14.8 Å². The van der Waals surface area contributed by atoms with Crippen LogP contribution < -0.4 is 20.3 Å². The number of benzene rings is 2. The maximum absolute atomic E-state index is 12.4. The van der Waals surface area contributed by atoms with E-state index >= 15 is 0 Å². The van der Waals surface area contributed by atoms with Crippen LogP contribution >= 0.6 is 0 Å². The third kappa shape index (κ3) is 4.13. The molecule has 1 aliphatic rings. The summed E-state index contributed by atoms with van der Waals surface area (Å²) in [5.41, 5.74) is 4.44. The summed E-state index contributed by atoms with van der Waals surface area (Å²) < 4.78 is 11.8. The summed E-state index contributed by atoms with van der Waals surface area (Å²) in [7, 11) is 0. The maximum Gasteiger partial charge on any atom is 0.267 e. The summed E-state index contributed by atoms with van der Waals surface area (Å²) in [5, 5.41) is 7.17. The van der Waals surface area contributed by atoms with Crippen molar-refractivity contribution in [3.63, 3.8) is 0 Å². The Kier molecular flexibility index (Phi) is 5.03. The fourth-order valence-electron chi connectivity index (χ4n) is 3.06. The zero-order valence-corrected chi connectivity index (χ0v) is 16.3. The number of fused-ring (bicyclic) bond motifs is 1. The number of amides is 1. The molecule has 7 nitrogen and oxygen atoms in total. The third-order valence-corrected chi connectivity index (χ3v) is 4.89. The van der Waals surface area contributed by atoms with Gasteiger partial charge in [0.25, 0.3) is 5.56 Å². The fraction of sp³-hybridized carbons (Fsp3) is 0.227. The molecule has 0 saturated carbocycles. The first-order chi connectivity index (χ1) is 14.0. The summed E-state index contributed by atoms with van der Waals surface area (Å²) in [5.74, 6) is 1.06. The minimum absolute atomic E-state index is 0.151. The molecule has 0 spiro atoms. The van der Waals surface area contributed by atoms with Crippen LogP contribution in [-0.2, 0) is 17.9 Å². The van der Waals surface area contributed by atoms with E-state index in [0.29, 0.717) is 23.7 Å². The van der Waals surface area contributed by atoms with E-state index in [1.165, 1.54) is 16.3 Å². The average molecular weight is 391 g/mol. The number of carbonyl (C=O) groups excluding carboxylic acids is 1. The van der Waals surface area contributed by atoms with Crippen molar-refractivity contribution < 1.29 is 14.3 Å². The molecule has 4 rings (SSSR count). The first-order valence-corrected chi connectivity index (χ1v) is 9.30.